The number of aliphatic hydroxyl groups is 1. The lowest BCUT2D eigenvalue weighted by Crippen LogP contribution is -2.53. The van der Waals surface area contributed by atoms with Crippen molar-refractivity contribution in [2.24, 2.45) is 11.8 Å². The molecule has 0 radical (unpaired) electrons. The van der Waals surface area contributed by atoms with E-state index >= 15 is 0 Å². The molecule has 2 atom stereocenters. The van der Waals surface area contributed by atoms with E-state index in [1.54, 1.807) is 0 Å². The van der Waals surface area contributed by atoms with Crippen molar-refractivity contribution >= 4 is 23.3 Å². The Morgan fingerprint density at radius 3 is 2.61 bits per heavy atom. The predicted molar refractivity (Wildman–Crippen MR) is 124 cm³/mol. The fourth-order valence-electron chi connectivity index (χ4n) is 5.95. The van der Waals surface area contributed by atoms with Gasteiger partial charge < -0.3 is 15.2 Å². The van der Waals surface area contributed by atoms with Crippen LogP contribution >= 0.6 is 11.6 Å². The minimum Gasteiger partial charge on any atom is -0.467 e. The standard InChI is InChI=1S/C26H32ClNO3/c1-18(17-29)14-20-15-19-6-3-4-9-23(19)25(20)10-12-26(13-11-25,24(30)31-2)28-22-8-5-7-21(27)16-22/h3-9,16,18,20,28-29H,10-15,17H2,1-2H3. The molecule has 4 rings (SSSR count). The summed E-state index contributed by atoms with van der Waals surface area (Å²) in [5, 5.41) is 13.8. The van der Waals surface area contributed by atoms with Gasteiger partial charge in [-0.2, -0.15) is 0 Å². The molecular weight excluding hydrogens is 410 g/mol. The molecule has 0 heterocycles. The average Bonchev–Trinajstić information content (AvgIpc) is 3.07. The summed E-state index contributed by atoms with van der Waals surface area (Å²) in [4.78, 5) is 13.0. The van der Waals surface area contributed by atoms with E-state index in [-0.39, 0.29) is 23.9 Å². The maximum atomic E-state index is 13.0. The van der Waals surface area contributed by atoms with Crippen molar-refractivity contribution < 1.29 is 14.6 Å². The molecule has 0 amide bonds. The smallest absolute Gasteiger partial charge is 0.331 e. The highest BCUT2D eigenvalue weighted by molar-refractivity contribution is 6.30. The third-order valence-electron chi connectivity index (χ3n) is 7.58. The van der Waals surface area contributed by atoms with Crippen LogP contribution < -0.4 is 5.32 Å². The fourth-order valence-corrected chi connectivity index (χ4v) is 6.14. The summed E-state index contributed by atoms with van der Waals surface area (Å²) in [7, 11) is 1.46. The molecule has 0 saturated heterocycles. The summed E-state index contributed by atoms with van der Waals surface area (Å²) in [5.41, 5.74) is 2.99. The molecule has 1 fully saturated rings. The maximum Gasteiger partial charge on any atom is 0.331 e. The number of anilines is 1. The van der Waals surface area contributed by atoms with Gasteiger partial charge in [-0.05, 0) is 85.1 Å². The first kappa shape index (κ1) is 22.2. The second-order valence-corrected chi connectivity index (χ2v) is 9.88. The van der Waals surface area contributed by atoms with Crippen molar-refractivity contribution in [2.45, 2.75) is 56.4 Å². The normalized spacial score (nSPS) is 28.2. The Hall–Kier alpha value is -2.04. The van der Waals surface area contributed by atoms with Crippen LogP contribution in [0.4, 0.5) is 5.69 Å². The third kappa shape index (κ3) is 4.08. The molecule has 0 bridgehead atoms. The number of hydrogen-bond acceptors (Lipinski definition) is 4. The monoisotopic (exact) mass is 441 g/mol. The van der Waals surface area contributed by atoms with Gasteiger partial charge in [-0.15, -0.1) is 0 Å². The average molecular weight is 442 g/mol. The first-order valence-electron chi connectivity index (χ1n) is 11.2. The molecule has 2 unspecified atom stereocenters. The van der Waals surface area contributed by atoms with E-state index in [2.05, 4.69) is 36.5 Å². The number of rotatable bonds is 6. The van der Waals surface area contributed by atoms with Crippen molar-refractivity contribution in [3.63, 3.8) is 0 Å². The SMILES string of the molecule is COC(=O)C1(Nc2cccc(Cl)c2)CCC2(CC1)c1ccccc1CC2CC(C)CO. The number of carbonyl (C=O) groups excluding carboxylic acids is 1. The number of methoxy groups -OCH3 is 1. The van der Waals surface area contributed by atoms with E-state index in [9.17, 15) is 9.90 Å². The summed E-state index contributed by atoms with van der Waals surface area (Å²) in [6, 6.07) is 16.3. The number of halogens is 1. The van der Waals surface area contributed by atoms with Crippen LogP contribution in [0.5, 0.6) is 0 Å². The van der Waals surface area contributed by atoms with Gasteiger partial charge in [0.05, 0.1) is 7.11 Å². The molecule has 31 heavy (non-hydrogen) atoms. The Bertz CT molecular complexity index is 936. The summed E-state index contributed by atoms with van der Waals surface area (Å²) < 4.78 is 5.26. The highest BCUT2D eigenvalue weighted by Crippen LogP contribution is 2.56. The number of benzene rings is 2. The Balaban J connectivity index is 1.64. The topological polar surface area (TPSA) is 58.6 Å². The van der Waals surface area contributed by atoms with Crippen molar-refractivity contribution in [1.29, 1.82) is 0 Å². The van der Waals surface area contributed by atoms with Gasteiger partial charge in [0.25, 0.3) is 0 Å². The minimum atomic E-state index is -0.755. The lowest BCUT2D eigenvalue weighted by atomic mass is 9.59. The molecule has 2 aromatic carbocycles. The molecule has 1 saturated carbocycles. The summed E-state index contributed by atoms with van der Waals surface area (Å²) in [5.74, 6) is 0.538. The number of aliphatic hydroxyl groups excluding tert-OH is 1. The van der Waals surface area contributed by atoms with E-state index < -0.39 is 5.54 Å². The van der Waals surface area contributed by atoms with Crippen molar-refractivity contribution in [2.75, 3.05) is 19.0 Å². The van der Waals surface area contributed by atoms with Gasteiger partial charge >= 0.3 is 5.97 Å². The minimum absolute atomic E-state index is 0.0492. The third-order valence-corrected chi connectivity index (χ3v) is 7.82. The Kier molecular flexibility index (Phi) is 6.32. The van der Waals surface area contributed by atoms with E-state index in [1.165, 1.54) is 18.2 Å². The molecule has 2 aliphatic carbocycles. The lowest BCUT2D eigenvalue weighted by Gasteiger charge is -2.47. The van der Waals surface area contributed by atoms with Crippen LogP contribution in [-0.4, -0.2) is 30.3 Å². The zero-order valence-electron chi connectivity index (χ0n) is 18.4. The van der Waals surface area contributed by atoms with Crippen LogP contribution in [0, 0.1) is 11.8 Å². The fraction of sp³-hybridized carbons (Fsp3) is 0.500. The Morgan fingerprint density at radius 2 is 1.94 bits per heavy atom. The molecule has 2 aromatic rings. The lowest BCUT2D eigenvalue weighted by molar-refractivity contribution is -0.148. The van der Waals surface area contributed by atoms with E-state index in [0.29, 0.717) is 23.8 Å². The van der Waals surface area contributed by atoms with E-state index in [1.807, 2.05) is 24.3 Å². The first-order chi connectivity index (χ1) is 14.9. The Labute approximate surface area is 190 Å². The highest BCUT2D eigenvalue weighted by Gasteiger charge is 2.54. The van der Waals surface area contributed by atoms with Crippen molar-refractivity contribution in [3.05, 3.63) is 64.7 Å². The molecule has 5 heteroatoms. The van der Waals surface area contributed by atoms with E-state index in [4.69, 9.17) is 16.3 Å². The summed E-state index contributed by atoms with van der Waals surface area (Å²) >= 11 is 6.18. The zero-order chi connectivity index (χ0) is 22.1. The predicted octanol–water partition coefficient (Wildman–Crippen LogP) is 5.37. The number of hydrogen-bond donors (Lipinski definition) is 2. The zero-order valence-corrected chi connectivity index (χ0v) is 19.1. The van der Waals surface area contributed by atoms with Gasteiger partial charge in [0.1, 0.15) is 5.54 Å². The van der Waals surface area contributed by atoms with Gasteiger partial charge in [-0.1, -0.05) is 48.9 Å². The molecular formula is C26H32ClNO3. The second-order valence-electron chi connectivity index (χ2n) is 9.45. The van der Waals surface area contributed by atoms with Crippen LogP contribution in [0.25, 0.3) is 0 Å². The van der Waals surface area contributed by atoms with Gasteiger partial charge in [-0.3, -0.25) is 0 Å². The quantitative estimate of drug-likeness (QED) is 0.592. The number of nitrogens with one attached hydrogen (secondary N) is 1. The molecule has 0 aromatic heterocycles. The van der Waals surface area contributed by atoms with Crippen LogP contribution in [0.2, 0.25) is 5.02 Å². The first-order valence-corrected chi connectivity index (χ1v) is 11.6. The van der Waals surface area contributed by atoms with Crippen LogP contribution in [0.3, 0.4) is 0 Å². The van der Waals surface area contributed by atoms with Crippen LogP contribution in [0.15, 0.2) is 48.5 Å². The van der Waals surface area contributed by atoms with Gasteiger partial charge in [0, 0.05) is 17.3 Å². The number of carbonyl (C=O) groups is 1. The van der Waals surface area contributed by atoms with Gasteiger partial charge in [-0.25, -0.2) is 4.79 Å². The molecule has 2 aliphatic rings. The van der Waals surface area contributed by atoms with Gasteiger partial charge in [0.2, 0.25) is 0 Å². The summed E-state index contributed by atoms with van der Waals surface area (Å²) in [6.45, 7) is 2.34. The van der Waals surface area contributed by atoms with Crippen LogP contribution in [0.1, 0.15) is 50.2 Å². The maximum absolute atomic E-state index is 13.0. The number of fused-ring (bicyclic) bond motifs is 2. The second kappa shape index (κ2) is 8.84. The number of esters is 1. The summed E-state index contributed by atoms with van der Waals surface area (Å²) in [6.07, 6.45) is 5.27. The molecule has 166 valence electrons. The highest BCUT2D eigenvalue weighted by atomic mass is 35.5. The van der Waals surface area contributed by atoms with Gasteiger partial charge in [0.15, 0.2) is 0 Å². The molecule has 1 spiro atoms. The largest absolute Gasteiger partial charge is 0.467 e. The Morgan fingerprint density at radius 1 is 1.19 bits per heavy atom. The van der Waals surface area contributed by atoms with Crippen molar-refractivity contribution in [3.8, 4) is 0 Å². The van der Waals surface area contributed by atoms with Crippen LogP contribution in [-0.2, 0) is 21.4 Å². The molecule has 2 N–H and O–H groups in total. The number of ether oxygens (including phenoxy) is 1. The molecule has 0 aliphatic heterocycles. The van der Waals surface area contributed by atoms with E-state index in [0.717, 1.165) is 31.4 Å². The molecule has 4 nitrogen and oxygen atoms in total. The van der Waals surface area contributed by atoms with Crippen molar-refractivity contribution in [1.82, 2.24) is 0 Å².